The van der Waals surface area contributed by atoms with Gasteiger partial charge in [-0.1, -0.05) is 0 Å². The summed E-state index contributed by atoms with van der Waals surface area (Å²) in [6, 6.07) is 5.24. The Morgan fingerprint density at radius 1 is 1.50 bits per heavy atom. The highest BCUT2D eigenvalue weighted by atomic mass is 32.2. The van der Waals surface area contributed by atoms with Gasteiger partial charge in [-0.2, -0.15) is 11.8 Å². The Morgan fingerprint density at radius 3 is 3.06 bits per heavy atom. The minimum absolute atomic E-state index is 0.304. The third-order valence-electron chi connectivity index (χ3n) is 2.42. The van der Waals surface area contributed by atoms with Gasteiger partial charge in [0.05, 0.1) is 5.52 Å². The standard InChI is InChI=1S/C11H14N2O2S/c1-16-6-2-5-13-9-7-8(12)3-4-10(9)15-11(13)14/h3-4,7H,2,5-6,12H2,1H3. The van der Waals surface area contributed by atoms with Crippen LogP contribution in [0.15, 0.2) is 27.4 Å². The summed E-state index contributed by atoms with van der Waals surface area (Å²) >= 11 is 1.77. The molecule has 0 bridgehead atoms. The normalized spacial score (nSPS) is 11.1. The van der Waals surface area contributed by atoms with Gasteiger partial charge in [0.15, 0.2) is 5.58 Å². The molecule has 0 spiro atoms. The zero-order chi connectivity index (χ0) is 11.5. The third kappa shape index (κ3) is 2.09. The van der Waals surface area contributed by atoms with Crippen molar-refractivity contribution in [3.8, 4) is 0 Å². The van der Waals surface area contributed by atoms with E-state index in [1.807, 2.05) is 6.26 Å². The minimum atomic E-state index is -0.304. The van der Waals surface area contributed by atoms with Crippen molar-refractivity contribution in [3.63, 3.8) is 0 Å². The average molecular weight is 238 g/mol. The molecule has 4 nitrogen and oxygen atoms in total. The van der Waals surface area contributed by atoms with Crippen molar-refractivity contribution in [2.24, 2.45) is 0 Å². The highest BCUT2D eigenvalue weighted by Crippen LogP contribution is 2.16. The predicted octanol–water partition coefficient (Wildman–Crippen LogP) is 1.93. The molecule has 0 saturated heterocycles. The Hall–Kier alpha value is -1.36. The monoisotopic (exact) mass is 238 g/mol. The van der Waals surface area contributed by atoms with Crippen LogP contribution in [0.25, 0.3) is 11.1 Å². The van der Waals surface area contributed by atoms with Crippen molar-refractivity contribution in [1.82, 2.24) is 4.57 Å². The van der Waals surface area contributed by atoms with Crippen molar-refractivity contribution < 1.29 is 4.42 Å². The zero-order valence-corrected chi connectivity index (χ0v) is 9.92. The lowest BCUT2D eigenvalue weighted by Crippen LogP contribution is -2.14. The van der Waals surface area contributed by atoms with Gasteiger partial charge in [-0.25, -0.2) is 4.79 Å². The van der Waals surface area contributed by atoms with E-state index in [-0.39, 0.29) is 5.76 Å². The minimum Gasteiger partial charge on any atom is -0.408 e. The summed E-state index contributed by atoms with van der Waals surface area (Å²) < 4.78 is 6.77. The van der Waals surface area contributed by atoms with Crippen LogP contribution in [0.4, 0.5) is 5.69 Å². The quantitative estimate of drug-likeness (QED) is 0.653. The van der Waals surface area contributed by atoms with E-state index < -0.39 is 0 Å². The molecule has 1 aromatic carbocycles. The number of aromatic nitrogens is 1. The maximum atomic E-state index is 11.6. The Kier molecular flexibility index (Phi) is 3.24. The first-order chi connectivity index (χ1) is 7.72. The van der Waals surface area contributed by atoms with Crippen LogP contribution in [0.1, 0.15) is 6.42 Å². The summed E-state index contributed by atoms with van der Waals surface area (Å²) in [6.07, 6.45) is 3.00. The molecule has 0 aliphatic heterocycles. The molecule has 1 aromatic heterocycles. The first-order valence-corrected chi connectivity index (χ1v) is 6.49. The second-order valence-electron chi connectivity index (χ2n) is 3.59. The fourth-order valence-corrected chi connectivity index (χ4v) is 2.08. The summed E-state index contributed by atoms with van der Waals surface area (Å²) in [5.74, 6) is 0.725. The molecule has 86 valence electrons. The number of aryl methyl sites for hydroxylation is 1. The van der Waals surface area contributed by atoms with Gasteiger partial charge in [0.2, 0.25) is 0 Å². The molecule has 2 aromatic rings. The summed E-state index contributed by atoms with van der Waals surface area (Å²) in [7, 11) is 0. The number of oxazole rings is 1. The second kappa shape index (κ2) is 4.65. The second-order valence-corrected chi connectivity index (χ2v) is 4.58. The van der Waals surface area contributed by atoms with Crippen LogP contribution in [-0.4, -0.2) is 16.6 Å². The number of rotatable bonds is 4. The fraction of sp³-hybridized carbons (Fsp3) is 0.364. The van der Waals surface area contributed by atoms with E-state index in [0.717, 1.165) is 17.7 Å². The SMILES string of the molecule is CSCCCn1c(=O)oc2ccc(N)cc21. The molecule has 1 heterocycles. The lowest BCUT2D eigenvalue weighted by atomic mass is 10.3. The Labute approximate surface area is 97.4 Å². The topological polar surface area (TPSA) is 61.2 Å². The highest BCUT2D eigenvalue weighted by Gasteiger charge is 2.08. The van der Waals surface area contributed by atoms with Crippen molar-refractivity contribution in [2.75, 3.05) is 17.7 Å². The summed E-state index contributed by atoms with van der Waals surface area (Å²) in [6.45, 7) is 0.677. The van der Waals surface area contributed by atoms with Crippen LogP contribution in [-0.2, 0) is 6.54 Å². The van der Waals surface area contributed by atoms with Gasteiger partial charge >= 0.3 is 5.76 Å². The van der Waals surface area contributed by atoms with Gasteiger partial charge < -0.3 is 10.2 Å². The molecule has 2 N–H and O–H groups in total. The molecule has 0 unspecified atom stereocenters. The smallest absolute Gasteiger partial charge is 0.408 e. The number of fused-ring (bicyclic) bond motifs is 1. The number of nitrogens with two attached hydrogens (primary N) is 1. The molecule has 0 atom stereocenters. The van der Waals surface area contributed by atoms with E-state index in [9.17, 15) is 4.79 Å². The van der Waals surface area contributed by atoms with Crippen molar-refractivity contribution in [3.05, 3.63) is 28.7 Å². The van der Waals surface area contributed by atoms with Gasteiger partial charge in [-0.15, -0.1) is 0 Å². The Bertz CT molecular complexity index is 544. The molecular weight excluding hydrogens is 224 g/mol. The van der Waals surface area contributed by atoms with Gasteiger partial charge in [0.25, 0.3) is 0 Å². The van der Waals surface area contributed by atoms with E-state index in [1.165, 1.54) is 0 Å². The van der Waals surface area contributed by atoms with Crippen LogP contribution in [0, 0.1) is 0 Å². The maximum Gasteiger partial charge on any atom is 0.419 e. The van der Waals surface area contributed by atoms with Crippen LogP contribution in [0.2, 0.25) is 0 Å². The number of hydrogen-bond donors (Lipinski definition) is 1. The zero-order valence-electron chi connectivity index (χ0n) is 9.10. The summed E-state index contributed by atoms with van der Waals surface area (Å²) in [5, 5.41) is 0. The van der Waals surface area contributed by atoms with Gasteiger partial charge in [0.1, 0.15) is 0 Å². The Morgan fingerprint density at radius 2 is 2.31 bits per heavy atom. The van der Waals surface area contributed by atoms with E-state index in [1.54, 1.807) is 34.5 Å². The van der Waals surface area contributed by atoms with E-state index in [2.05, 4.69) is 0 Å². The van der Waals surface area contributed by atoms with Crippen LogP contribution < -0.4 is 11.5 Å². The summed E-state index contributed by atoms with van der Waals surface area (Å²) in [4.78, 5) is 11.6. The van der Waals surface area contributed by atoms with Crippen molar-refractivity contribution >= 4 is 28.5 Å². The predicted molar refractivity (Wildman–Crippen MR) is 67.9 cm³/mol. The van der Waals surface area contributed by atoms with Gasteiger partial charge in [0, 0.05) is 12.2 Å². The number of benzene rings is 1. The lowest BCUT2D eigenvalue weighted by molar-refractivity contribution is 0.503. The number of hydrogen-bond acceptors (Lipinski definition) is 4. The third-order valence-corrected chi connectivity index (χ3v) is 3.12. The first-order valence-electron chi connectivity index (χ1n) is 5.10. The fourth-order valence-electron chi connectivity index (χ4n) is 1.66. The van der Waals surface area contributed by atoms with Gasteiger partial charge in [-0.05, 0) is 36.6 Å². The maximum absolute atomic E-state index is 11.6. The van der Waals surface area contributed by atoms with Crippen LogP contribution >= 0.6 is 11.8 Å². The van der Waals surface area contributed by atoms with E-state index in [4.69, 9.17) is 10.2 Å². The Balaban J connectivity index is 2.38. The molecular formula is C11H14N2O2S. The number of nitrogen functional groups attached to an aromatic ring is 1. The molecule has 0 fully saturated rings. The number of nitrogens with zero attached hydrogens (tertiary/aromatic N) is 1. The molecule has 0 amide bonds. The van der Waals surface area contributed by atoms with Crippen molar-refractivity contribution in [2.45, 2.75) is 13.0 Å². The highest BCUT2D eigenvalue weighted by molar-refractivity contribution is 7.98. The molecule has 0 aliphatic rings. The summed E-state index contributed by atoms with van der Waals surface area (Å²) in [5.41, 5.74) is 7.72. The number of thioether (sulfide) groups is 1. The molecule has 2 rings (SSSR count). The average Bonchev–Trinajstić information content (AvgIpc) is 2.56. The first kappa shape index (κ1) is 11.1. The van der Waals surface area contributed by atoms with Crippen LogP contribution in [0.5, 0.6) is 0 Å². The lowest BCUT2D eigenvalue weighted by Gasteiger charge is -2.01. The van der Waals surface area contributed by atoms with Gasteiger partial charge in [-0.3, -0.25) is 4.57 Å². The van der Waals surface area contributed by atoms with Crippen LogP contribution in [0.3, 0.4) is 0 Å². The molecule has 0 radical (unpaired) electrons. The molecule has 16 heavy (non-hydrogen) atoms. The molecule has 0 saturated carbocycles. The van der Waals surface area contributed by atoms with E-state index >= 15 is 0 Å². The van der Waals surface area contributed by atoms with E-state index in [0.29, 0.717) is 17.8 Å². The molecule has 5 heteroatoms. The van der Waals surface area contributed by atoms with Crippen molar-refractivity contribution in [1.29, 1.82) is 0 Å². The number of anilines is 1. The largest absolute Gasteiger partial charge is 0.419 e. The molecule has 0 aliphatic carbocycles.